The monoisotopic (exact) mass is 221 g/mol. The van der Waals surface area contributed by atoms with Gasteiger partial charge in [-0.2, -0.15) is 5.26 Å². The molecule has 2 saturated heterocycles. The molecule has 0 spiro atoms. The van der Waals surface area contributed by atoms with E-state index in [1.54, 1.807) is 0 Å². The second kappa shape index (κ2) is 4.42. The molecule has 16 heavy (non-hydrogen) atoms. The SMILES string of the molecule is CC1CN(C)CCC1N1CC(C#N)CC1=O. The minimum Gasteiger partial charge on any atom is -0.338 e. The Morgan fingerprint density at radius 2 is 2.19 bits per heavy atom. The maximum absolute atomic E-state index is 11.8. The summed E-state index contributed by atoms with van der Waals surface area (Å²) in [5.74, 6) is 0.604. The number of hydrogen-bond acceptors (Lipinski definition) is 3. The van der Waals surface area contributed by atoms with Crippen LogP contribution in [-0.4, -0.2) is 48.4 Å². The highest BCUT2D eigenvalue weighted by molar-refractivity contribution is 5.79. The molecule has 0 aromatic carbocycles. The molecule has 0 radical (unpaired) electrons. The van der Waals surface area contributed by atoms with Gasteiger partial charge in [-0.25, -0.2) is 0 Å². The van der Waals surface area contributed by atoms with Gasteiger partial charge in [-0.05, 0) is 25.9 Å². The standard InChI is InChI=1S/C12H19N3O/c1-9-7-14(2)4-3-11(9)15-8-10(6-13)5-12(15)16/h9-11H,3-5,7-8H2,1-2H3. The number of likely N-dealkylation sites (tertiary alicyclic amines) is 2. The number of carbonyl (C=O) groups excluding carboxylic acids is 1. The lowest BCUT2D eigenvalue weighted by Crippen LogP contribution is -2.49. The van der Waals surface area contributed by atoms with Gasteiger partial charge >= 0.3 is 0 Å². The molecule has 2 heterocycles. The summed E-state index contributed by atoms with van der Waals surface area (Å²) in [7, 11) is 2.12. The molecule has 3 unspecified atom stereocenters. The lowest BCUT2D eigenvalue weighted by Gasteiger charge is -2.40. The van der Waals surface area contributed by atoms with E-state index in [1.165, 1.54) is 0 Å². The molecule has 88 valence electrons. The Morgan fingerprint density at radius 1 is 1.44 bits per heavy atom. The third-order valence-electron chi connectivity index (χ3n) is 3.80. The highest BCUT2D eigenvalue weighted by Crippen LogP contribution is 2.27. The van der Waals surface area contributed by atoms with Crippen LogP contribution >= 0.6 is 0 Å². The summed E-state index contributed by atoms with van der Waals surface area (Å²) in [6, 6.07) is 2.56. The van der Waals surface area contributed by atoms with Crippen LogP contribution < -0.4 is 0 Å². The highest BCUT2D eigenvalue weighted by Gasteiger charge is 2.38. The molecule has 0 aliphatic carbocycles. The first kappa shape index (κ1) is 11.4. The molecule has 0 saturated carbocycles. The molecule has 2 aliphatic rings. The van der Waals surface area contributed by atoms with Crippen molar-refractivity contribution in [2.75, 3.05) is 26.7 Å². The van der Waals surface area contributed by atoms with Gasteiger partial charge in [0.1, 0.15) is 0 Å². The van der Waals surface area contributed by atoms with Crippen molar-refractivity contribution in [2.45, 2.75) is 25.8 Å². The number of piperidine rings is 1. The molecule has 2 aliphatic heterocycles. The summed E-state index contributed by atoms with van der Waals surface area (Å²) in [6.45, 7) is 4.95. The van der Waals surface area contributed by atoms with Crippen molar-refractivity contribution in [1.29, 1.82) is 5.26 Å². The van der Waals surface area contributed by atoms with Crippen molar-refractivity contribution < 1.29 is 4.79 Å². The zero-order valence-corrected chi connectivity index (χ0v) is 10.0. The van der Waals surface area contributed by atoms with Crippen molar-refractivity contribution in [3.05, 3.63) is 0 Å². The Kier molecular flexibility index (Phi) is 3.15. The Balaban J connectivity index is 2.03. The van der Waals surface area contributed by atoms with Gasteiger partial charge in [0.15, 0.2) is 0 Å². The maximum Gasteiger partial charge on any atom is 0.224 e. The molecular weight excluding hydrogens is 202 g/mol. The Labute approximate surface area is 96.8 Å². The van der Waals surface area contributed by atoms with Crippen LogP contribution in [0.25, 0.3) is 0 Å². The minimum atomic E-state index is -0.0839. The lowest BCUT2D eigenvalue weighted by molar-refractivity contribution is -0.131. The van der Waals surface area contributed by atoms with Crippen molar-refractivity contribution >= 4 is 5.91 Å². The number of hydrogen-bond donors (Lipinski definition) is 0. The smallest absolute Gasteiger partial charge is 0.224 e. The summed E-state index contributed by atoms with van der Waals surface area (Å²) in [5.41, 5.74) is 0. The van der Waals surface area contributed by atoms with E-state index in [9.17, 15) is 4.79 Å². The van der Waals surface area contributed by atoms with Gasteiger partial charge in [-0.3, -0.25) is 4.79 Å². The second-order valence-electron chi connectivity index (χ2n) is 5.17. The number of amides is 1. The molecule has 0 aromatic rings. The van der Waals surface area contributed by atoms with Crippen LogP contribution in [0.15, 0.2) is 0 Å². The molecule has 0 aromatic heterocycles. The Morgan fingerprint density at radius 3 is 2.75 bits per heavy atom. The number of nitrogens with zero attached hydrogens (tertiary/aromatic N) is 3. The third kappa shape index (κ3) is 2.05. The predicted molar refractivity (Wildman–Crippen MR) is 60.5 cm³/mol. The normalized spacial score (nSPS) is 36.4. The van der Waals surface area contributed by atoms with Gasteiger partial charge in [0.2, 0.25) is 5.91 Å². The van der Waals surface area contributed by atoms with Gasteiger partial charge < -0.3 is 9.80 Å². The van der Waals surface area contributed by atoms with E-state index >= 15 is 0 Å². The van der Waals surface area contributed by atoms with Gasteiger partial charge in [-0.1, -0.05) is 6.92 Å². The fourth-order valence-electron chi connectivity index (χ4n) is 2.94. The summed E-state index contributed by atoms with van der Waals surface area (Å²) in [6.07, 6.45) is 1.47. The summed E-state index contributed by atoms with van der Waals surface area (Å²) < 4.78 is 0. The molecule has 2 fully saturated rings. The van der Waals surface area contributed by atoms with Gasteiger partial charge in [0, 0.05) is 25.6 Å². The van der Waals surface area contributed by atoms with E-state index in [-0.39, 0.29) is 11.8 Å². The molecule has 0 N–H and O–H groups in total. The van der Waals surface area contributed by atoms with E-state index in [2.05, 4.69) is 24.9 Å². The summed E-state index contributed by atoms with van der Waals surface area (Å²) in [5, 5.41) is 8.87. The van der Waals surface area contributed by atoms with Crippen LogP contribution in [0.5, 0.6) is 0 Å². The van der Waals surface area contributed by atoms with Crippen molar-refractivity contribution in [1.82, 2.24) is 9.80 Å². The van der Waals surface area contributed by atoms with E-state index < -0.39 is 0 Å². The Hall–Kier alpha value is -1.08. The fraction of sp³-hybridized carbons (Fsp3) is 0.833. The summed E-state index contributed by atoms with van der Waals surface area (Å²) in [4.78, 5) is 16.1. The van der Waals surface area contributed by atoms with E-state index in [0.29, 0.717) is 24.9 Å². The molecule has 0 bridgehead atoms. The average Bonchev–Trinajstić information content (AvgIpc) is 2.60. The second-order valence-corrected chi connectivity index (χ2v) is 5.17. The molecule has 1 amide bonds. The highest BCUT2D eigenvalue weighted by atomic mass is 16.2. The molecule has 4 heteroatoms. The first-order valence-electron chi connectivity index (χ1n) is 5.99. The van der Waals surface area contributed by atoms with Crippen LogP contribution in [0.3, 0.4) is 0 Å². The van der Waals surface area contributed by atoms with Gasteiger partial charge in [0.05, 0.1) is 12.0 Å². The number of rotatable bonds is 1. The number of carbonyl (C=O) groups is 1. The molecule has 2 rings (SSSR count). The lowest BCUT2D eigenvalue weighted by atomic mass is 9.93. The van der Waals surface area contributed by atoms with Crippen LogP contribution in [0.4, 0.5) is 0 Å². The molecule has 3 atom stereocenters. The molecular formula is C12H19N3O. The maximum atomic E-state index is 11.8. The van der Waals surface area contributed by atoms with E-state index in [4.69, 9.17) is 5.26 Å². The average molecular weight is 221 g/mol. The quantitative estimate of drug-likeness (QED) is 0.655. The van der Waals surface area contributed by atoms with Crippen LogP contribution in [0, 0.1) is 23.2 Å². The largest absolute Gasteiger partial charge is 0.338 e. The van der Waals surface area contributed by atoms with Crippen LogP contribution in [0.1, 0.15) is 19.8 Å². The zero-order valence-electron chi connectivity index (χ0n) is 10.0. The third-order valence-corrected chi connectivity index (χ3v) is 3.80. The number of nitriles is 1. The van der Waals surface area contributed by atoms with Crippen molar-refractivity contribution in [3.63, 3.8) is 0 Å². The minimum absolute atomic E-state index is 0.0839. The zero-order chi connectivity index (χ0) is 11.7. The van der Waals surface area contributed by atoms with Gasteiger partial charge in [-0.15, -0.1) is 0 Å². The molecule has 4 nitrogen and oxygen atoms in total. The van der Waals surface area contributed by atoms with Crippen molar-refractivity contribution in [3.8, 4) is 6.07 Å². The van der Waals surface area contributed by atoms with Crippen LogP contribution in [-0.2, 0) is 4.79 Å². The summed E-state index contributed by atoms with van der Waals surface area (Å²) >= 11 is 0. The topological polar surface area (TPSA) is 47.3 Å². The first-order valence-corrected chi connectivity index (χ1v) is 5.99. The van der Waals surface area contributed by atoms with Crippen molar-refractivity contribution in [2.24, 2.45) is 11.8 Å². The van der Waals surface area contributed by atoms with E-state index in [0.717, 1.165) is 19.5 Å². The van der Waals surface area contributed by atoms with E-state index in [1.807, 2.05) is 4.90 Å². The van der Waals surface area contributed by atoms with Gasteiger partial charge in [0.25, 0.3) is 0 Å². The van der Waals surface area contributed by atoms with Crippen LogP contribution in [0.2, 0.25) is 0 Å². The first-order chi connectivity index (χ1) is 7.61. The fourth-order valence-corrected chi connectivity index (χ4v) is 2.94. The Bertz CT molecular complexity index is 323. The predicted octanol–water partition coefficient (Wildman–Crippen LogP) is 0.699.